The predicted octanol–water partition coefficient (Wildman–Crippen LogP) is 3.18. The Morgan fingerprint density at radius 1 is 1.08 bits per heavy atom. The van der Waals surface area contributed by atoms with E-state index < -0.39 is 5.41 Å². The Kier molecular flexibility index (Phi) is 3.95. The summed E-state index contributed by atoms with van der Waals surface area (Å²) in [6.45, 7) is 0. The van der Waals surface area contributed by atoms with Gasteiger partial charge in [-0.3, -0.25) is 9.36 Å². The highest BCUT2D eigenvalue weighted by Crippen LogP contribution is 2.49. The van der Waals surface area contributed by atoms with Gasteiger partial charge in [-0.25, -0.2) is 0 Å². The topological polar surface area (TPSA) is 69.0 Å². The van der Waals surface area contributed by atoms with Crippen LogP contribution in [-0.4, -0.2) is 34.9 Å². The van der Waals surface area contributed by atoms with Crippen molar-refractivity contribution in [1.82, 2.24) is 14.8 Å². The van der Waals surface area contributed by atoms with Gasteiger partial charge in [0.1, 0.15) is 6.33 Å². The van der Waals surface area contributed by atoms with E-state index in [-0.39, 0.29) is 5.97 Å². The average molecular weight is 348 g/mol. The first-order valence-corrected chi connectivity index (χ1v) is 8.55. The van der Waals surface area contributed by atoms with Crippen LogP contribution in [-0.2, 0) is 14.9 Å². The molecule has 3 aromatic rings. The van der Waals surface area contributed by atoms with Gasteiger partial charge in [0.2, 0.25) is 5.95 Å². The van der Waals surface area contributed by atoms with Crippen molar-refractivity contribution in [2.24, 2.45) is 0 Å². The fraction of sp³-hybridized carbons (Fsp3) is 0.250. The number of ether oxygens (including phenoxy) is 1. The van der Waals surface area contributed by atoms with Crippen LogP contribution in [0, 0.1) is 0 Å². The molecule has 6 nitrogen and oxygen atoms in total. The van der Waals surface area contributed by atoms with Crippen LogP contribution >= 0.6 is 0 Å². The molecule has 0 unspecified atom stereocenters. The number of nitrogens with one attached hydrogen (secondary N) is 1. The predicted molar refractivity (Wildman–Crippen MR) is 99.3 cm³/mol. The van der Waals surface area contributed by atoms with Crippen molar-refractivity contribution in [3.8, 4) is 16.8 Å². The normalized spacial score (nSPS) is 14.7. The molecule has 0 radical (unpaired) electrons. The zero-order valence-corrected chi connectivity index (χ0v) is 14.8. The van der Waals surface area contributed by atoms with Crippen LogP contribution < -0.4 is 5.32 Å². The quantitative estimate of drug-likeness (QED) is 0.717. The first kappa shape index (κ1) is 16.3. The van der Waals surface area contributed by atoms with E-state index in [0.29, 0.717) is 5.95 Å². The third-order valence-electron chi connectivity index (χ3n) is 5.01. The summed E-state index contributed by atoms with van der Waals surface area (Å²) in [4.78, 5) is 12.0. The number of rotatable bonds is 5. The maximum Gasteiger partial charge on any atom is 0.316 e. The Labute approximate surface area is 151 Å². The second-order valence-corrected chi connectivity index (χ2v) is 6.47. The molecule has 4 rings (SSSR count). The van der Waals surface area contributed by atoms with E-state index in [9.17, 15) is 4.79 Å². The summed E-state index contributed by atoms with van der Waals surface area (Å²) in [5.41, 5.74) is 3.82. The average Bonchev–Trinajstić information content (AvgIpc) is 3.38. The number of carbonyl (C=O) groups is 1. The fourth-order valence-corrected chi connectivity index (χ4v) is 3.32. The lowest BCUT2D eigenvalue weighted by Gasteiger charge is -2.13. The van der Waals surface area contributed by atoms with Gasteiger partial charge >= 0.3 is 5.97 Å². The maximum absolute atomic E-state index is 12.0. The molecule has 1 saturated carbocycles. The van der Waals surface area contributed by atoms with Crippen LogP contribution in [0.4, 0.5) is 5.95 Å². The molecule has 1 N–H and O–H groups in total. The van der Waals surface area contributed by atoms with Gasteiger partial charge in [0.15, 0.2) is 0 Å². The Morgan fingerprint density at radius 2 is 1.69 bits per heavy atom. The number of hydrogen-bond acceptors (Lipinski definition) is 5. The second-order valence-electron chi connectivity index (χ2n) is 6.47. The molecule has 6 heteroatoms. The van der Waals surface area contributed by atoms with Gasteiger partial charge in [-0.05, 0) is 41.7 Å². The molecule has 1 aromatic heterocycles. The molecule has 0 aliphatic heterocycles. The summed E-state index contributed by atoms with van der Waals surface area (Å²) in [5.74, 6) is 0.559. The number of anilines is 1. The van der Waals surface area contributed by atoms with E-state index >= 15 is 0 Å². The van der Waals surface area contributed by atoms with Crippen LogP contribution in [0.3, 0.4) is 0 Å². The van der Waals surface area contributed by atoms with Gasteiger partial charge in [0, 0.05) is 7.05 Å². The second kappa shape index (κ2) is 6.29. The molecule has 0 bridgehead atoms. The minimum Gasteiger partial charge on any atom is -0.468 e. The van der Waals surface area contributed by atoms with Gasteiger partial charge in [-0.1, -0.05) is 36.4 Å². The number of methoxy groups -OCH3 is 1. The van der Waals surface area contributed by atoms with Crippen LogP contribution in [0.1, 0.15) is 18.4 Å². The summed E-state index contributed by atoms with van der Waals surface area (Å²) in [6.07, 6.45) is 3.40. The molecule has 1 aliphatic rings. The zero-order valence-electron chi connectivity index (χ0n) is 14.8. The van der Waals surface area contributed by atoms with E-state index in [1.807, 2.05) is 35.9 Å². The van der Waals surface area contributed by atoms with Gasteiger partial charge < -0.3 is 10.1 Å². The molecular formula is C20H20N4O2. The number of aromatic nitrogens is 3. The standard InChI is InChI=1S/C20H20N4O2/c1-21-19-23-22-13-24(19)17-9-5-15(6-10-17)14-3-7-16(8-4-14)20(11-12-20)18(25)26-2/h3-10,13H,11-12H2,1-2H3,(H,21,23). The molecule has 0 spiro atoms. The highest BCUT2D eigenvalue weighted by atomic mass is 16.5. The van der Waals surface area contributed by atoms with E-state index in [4.69, 9.17) is 4.74 Å². The Balaban J connectivity index is 1.58. The van der Waals surface area contributed by atoms with Crippen molar-refractivity contribution >= 4 is 11.9 Å². The summed E-state index contributed by atoms with van der Waals surface area (Å²) in [5, 5.41) is 11.0. The van der Waals surface area contributed by atoms with E-state index in [1.165, 1.54) is 7.11 Å². The van der Waals surface area contributed by atoms with Gasteiger partial charge in [-0.2, -0.15) is 0 Å². The van der Waals surface area contributed by atoms with Crippen LogP contribution in [0.15, 0.2) is 54.9 Å². The molecule has 0 atom stereocenters. The van der Waals surface area contributed by atoms with Crippen molar-refractivity contribution in [2.75, 3.05) is 19.5 Å². The Bertz CT molecular complexity index is 925. The molecule has 0 saturated heterocycles. The lowest BCUT2D eigenvalue weighted by molar-refractivity contribution is -0.143. The Hall–Kier alpha value is -3.15. The van der Waals surface area contributed by atoms with Crippen LogP contribution in [0.25, 0.3) is 16.8 Å². The highest BCUT2D eigenvalue weighted by Gasteiger charge is 2.52. The number of benzene rings is 2. The van der Waals surface area contributed by atoms with Crippen molar-refractivity contribution < 1.29 is 9.53 Å². The Morgan fingerprint density at radius 3 is 2.23 bits per heavy atom. The van der Waals surface area contributed by atoms with E-state index in [1.54, 1.807) is 6.33 Å². The summed E-state index contributed by atoms with van der Waals surface area (Å²) in [7, 11) is 3.27. The van der Waals surface area contributed by atoms with Crippen molar-refractivity contribution in [2.45, 2.75) is 18.3 Å². The van der Waals surface area contributed by atoms with E-state index in [0.717, 1.165) is 35.2 Å². The van der Waals surface area contributed by atoms with Gasteiger partial charge in [0.25, 0.3) is 0 Å². The van der Waals surface area contributed by atoms with Crippen molar-refractivity contribution in [1.29, 1.82) is 0 Å². The van der Waals surface area contributed by atoms with Gasteiger partial charge in [0.05, 0.1) is 18.2 Å². The minimum atomic E-state index is -0.422. The number of carbonyl (C=O) groups excluding carboxylic acids is 1. The molecule has 1 heterocycles. The van der Waals surface area contributed by atoms with E-state index in [2.05, 4.69) is 39.8 Å². The molecule has 0 amide bonds. The van der Waals surface area contributed by atoms with Crippen molar-refractivity contribution in [3.63, 3.8) is 0 Å². The van der Waals surface area contributed by atoms with Crippen molar-refractivity contribution in [3.05, 3.63) is 60.4 Å². The first-order valence-electron chi connectivity index (χ1n) is 8.55. The first-order chi connectivity index (χ1) is 12.7. The summed E-state index contributed by atoms with van der Waals surface area (Å²) >= 11 is 0. The molecule has 2 aromatic carbocycles. The molecular weight excluding hydrogens is 328 g/mol. The third-order valence-corrected chi connectivity index (χ3v) is 5.01. The van der Waals surface area contributed by atoms with Gasteiger partial charge in [-0.15, -0.1) is 10.2 Å². The monoisotopic (exact) mass is 348 g/mol. The lowest BCUT2D eigenvalue weighted by atomic mass is 9.94. The summed E-state index contributed by atoms with van der Waals surface area (Å²) < 4.78 is 6.85. The number of nitrogens with zero attached hydrogens (tertiary/aromatic N) is 3. The largest absolute Gasteiger partial charge is 0.468 e. The minimum absolute atomic E-state index is 0.135. The van der Waals surface area contributed by atoms with Crippen LogP contribution in [0.2, 0.25) is 0 Å². The molecule has 1 aliphatic carbocycles. The smallest absolute Gasteiger partial charge is 0.316 e. The lowest BCUT2D eigenvalue weighted by Crippen LogP contribution is -2.21. The fourth-order valence-electron chi connectivity index (χ4n) is 3.32. The highest BCUT2D eigenvalue weighted by molar-refractivity contribution is 5.86. The molecule has 1 fully saturated rings. The summed E-state index contributed by atoms with van der Waals surface area (Å²) in [6, 6.07) is 16.4. The SMILES string of the molecule is CNc1nncn1-c1ccc(-c2ccc(C3(C(=O)OC)CC3)cc2)cc1. The third kappa shape index (κ3) is 2.63. The number of hydrogen-bond donors (Lipinski definition) is 1. The molecule has 132 valence electrons. The zero-order chi connectivity index (χ0) is 18.1. The number of esters is 1. The maximum atomic E-state index is 12.0. The molecule has 26 heavy (non-hydrogen) atoms. The van der Waals surface area contributed by atoms with Crippen LogP contribution in [0.5, 0.6) is 0 Å².